The summed E-state index contributed by atoms with van der Waals surface area (Å²) in [6.07, 6.45) is 4.52. The molecule has 94 valence electrons. The third-order valence-corrected chi connectivity index (χ3v) is 3.19. The Hall–Kier alpha value is -1.79. The summed E-state index contributed by atoms with van der Waals surface area (Å²) in [5.41, 5.74) is -0.165. The fourth-order valence-corrected chi connectivity index (χ4v) is 2.08. The van der Waals surface area contributed by atoms with Gasteiger partial charge in [-0.15, -0.1) is 0 Å². The van der Waals surface area contributed by atoms with E-state index in [1.165, 1.54) is 0 Å². The monoisotopic (exact) mass is 246 g/mol. The molecule has 0 amide bonds. The van der Waals surface area contributed by atoms with E-state index >= 15 is 0 Å². The Balaban J connectivity index is 1.89. The van der Waals surface area contributed by atoms with E-state index in [-0.39, 0.29) is 0 Å². The van der Waals surface area contributed by atoms with Gasteiger partial charge in [0.1, 0.15) is 5.60 Å². The van der Waals surface area contributed by atoms with E-state index in [0.717, 1.165) is 18.7 Å². The number of hydrogen-bond acceptors (Lipinski definition) is 6. The maximum atomic E-state index is 10.5. The molecule has 0 saturated carbocycles. The Labute approximate surface area is 104 Å². The van der Waals surface area contributed by atoms with Gasteiger partial charge >= 0.3 is 0 Å². The van der Waals surface area contributed by atoms with Crippen molar-refractivity contribution in [2.24, 2.45) is 0 Å². The molecule has 2 N–H and O–H groups in total. The minimum Gasteiger partial charge on any atom is -0.380 e. The zero-order chi connectivity index (χ0) is 12.4. The molecule has 3 heterocycles. The Kier molecular flexibility index (Phi) is 2.81. The van der Waals surface area contributed by atoms with E-state index < -0.39 is 5.60 Å². The molecule has 6 nitrogen and oxygen atoms in total. The average Bonchev–Trinajstić information content (AvgIpc) is 2.91. The van der Waals surface area contributed by atoms with Crippen LogP contribution in [0.5, 0.6) is 0 Å². The van der Waals surface area contributed by atoms with Gasteiger partial charge < -0.3 is 14.9 Å². The molecule has 6 heteroatoms. The summed E-state index contributed by atoms with van der Waals surface area (Å²) >= 11 is 0. The van der Waals surface area contributed by atoms with Crippen molar-refractivity contribution in [3.8, 4) is 11.4 Å². The first-order valence-corrected chi connectivity index (χ1v) is 5.96. The van der Waals surface area contributed by atoms with Crippen molar-refractivity contribution < 1.29 is 9.63 Å². The summed E-state index contributed by atoms with van der Waals surface area (Å²) < 4.78 is 5.20. The van der Waals surface area contributed by atoms with Crippen LogP contribution >= 0.6 is 0 Å². The summed E-state index contributed by atoms with van der Waals surface area (Å²) in [6, 6.07) is 3.61. The Bertz CT molecular complexity index is 520. The molecule has 1 aliphatic heterocycles. The molecular weight excluding hydrogens is 232 g/mol. The topological polar surface area (TPSA) is 84.1 Å². The fraction of sp³-hybridized carbons (Fsp3) is 0.417. The summed E-state index contributed by atoms with van der Waals surface area (Å²) in [6.45, 7) is 1.51. The minimum absolute atomic E-state index is 0.302. The van der Waals surface area contributed by atoms with Crippen molar-refractivity contribution in [3.63, 3.8) is 0 Å². The van der Waals surface area contributed by atoms with Crippen LogP contribution in [0.15, 0.2) is 29.0 Å². The van der Waals surface area contributed by atoms with E-state index in [1.54, 1.807) is 24.5 Å². The normalized spacial score (nSPS) is 18.7. The maximum absolute atomic E-state index is 10.5. The molecule has 0 spiro atoms. The molecule has 2 aromatic rings. The first kappa shape index (κ1) is 11.3. The molecule has 0 radical (unpaired) electrons. The van der Waals surface area contributed by atoms with Crippen molar-refractivity contribution in [1.82, 2.24) is 20.4 Å². The molecule has 1 aliphatic rings. The van der Waals surface area contributed by atoms with Gasteiger partial charge in [-0.2, -0.15) is 4.98 Å². The summed E-state index contributed by atoms with van der Waals surface area (Å²) in [4.78, 5) is 8.23. The van der Waals surface area contributed by atoms with Crippen LogP contribution in [-0.2, 0) is 5.60 Å². The largest absolute Gasteiger partial charge is 0.380 e. The fourth-order valence-electron chi connectivity index (χ4n) is 2.08. The van der Waals surface area contributed by atoms with Crippen LogP contribution in [0.4, 0.5) is 0 Å². The maximum Gasteiger partial charge on any atom is 0.259 e. The second-order valence-electron chi connectivity index (χ2n) is 4.44. The lowest BCUT2D eigenvalue weighted by Crippen LogP contribution is -2.39. The van der Waals surface area contributed by atoms with E-state index in [0.29, 0.717) is 24.6 Å². The lowest BCUT2D eigenvalue weighted by molar-refractivity contribution is -0.0228. The Morgan fingerprint density at radius 3 is 2.67 bits per heavy atom. The minimum atomic E-state index is -0.996. The number of piperidine rings is 1. The smallest absolute Gasteiger partial charge is 0.259 e. The third kappa shape index (κ3) is 2.00. The van der Waals surface area contributed by atoms with Crippen LogP contribution in [0.2, 0.25) is 0 Å². The highest BCUT2D eigenvalue weighted by molar-refractivity contribution is 5.52. The van der Waals surface area contributed by atoms with Crippen LogP contribution in [0.25, 0.3) is 11.4 Å². The van der Waals surface area contributed by atoms with Crippen molar-refractivity contribution in [2.45, 2.75) is 18.4 Å². The summed E-state index contributed by atoms with van der Waals surface area (Å²) in [7, 11) is 0. The Morgan fingerprint density at radius 1 is 1.22 bits per heavy atom. The van der Waals surface area contributed by atoms with Gasteiger partial charge in [0.05, 0.1) is 0 Å². The molecule has 1 saturated heterocycles. The number of rotatable bonds is 2. The molecule has 0 aromatic carbocycles. The van der Waals surface area contributed by atoms with Gasteiger partial charge in [-0.05, 0) is 38.1 Å². The third-order valence-electron chi connectivity index (χ3n) is 3.19. The van der Waals surface area contributed by atoms with E-state index in [2.05, 4.69) is 20.4 Å². The molecule has 0 atom stereocenters. The van der Waals surface area contributed by atoms with Gasteiger partial charge in [0.25, 0.3) is 5.89 Å². The molecule has 0 unspecified atom stereocenters. The number of aliphatic hydroxyl groups is 1. The van der Waals surface area contributed by atoms with E-state index in [4.69, 9.17) is 4.52 Å². The van der Waals surface area contributed by atoms with Crippen molar-refractivity contribution in [1.29, 1.82) is 0 Å². The Morgan fingerprint density at radius 2 is 1.94 bits per heavy atom. The highest BCUT2D eigenvalue weighted by Gasteiger charge is 2.37. The number of pyridine rings is 1. The van der Waals surface area contributed by atoms with Crippen LogP contribution in [-0.4, -0.2) is 33.3 Å². The van der Waals surface area contributed by atoms with Gasteiger partial charge in [-0.25, -0.2) is 0 Å². The van der Waals surface area contributed by atoms with Gasteiger partial charge in [0, 0.05) is 18.0 Å². The summed E-state index contributed by atoms with van der Waals surface area (Å²) in [5, 5.41) is 17.6. The molecule has 2 aromatic heterocycles. The van der Waals surface area contributed by atoms with Crippen LogP contribution in [0, 0.1) is 0 Å². The van der Waals surface area contributed by atoms with Crippen molar-refractivity contribution in [2.75, 3.05) is 13.1 Å². The zero-order valence-corrected chi connectivity index (χ0v) is 9.83. The number of hydrogen-bond donors (Lipinski definition) is 2. The highest BCUT2D eigenvalue weighted by Crippen LogP contribution is 2.30. The first-order valence-electron chi connectivity index (χ1n) is 5.96. The lowest BCUT2D eigenvalue weighted by Gasteiger charge is -2.28. The van der Waals surface area contributed by atoms with Gasteiger partial charge in [-0.3, -0.25) is 4.98 Å². The number of aromatic nitrogens is 3. The molecule has 0 bridgehead atoms. The lowest BCUT2D eigenvalue weighted by atomic mass is 9.92. The first-order chi connectivity index (χ1) is 8.78. The SMILES string of the molecule is OC1(c2nc(-c3ccncc3)no2)CCNCC1. The molecule has 0 aliphatic carbocycles. The molecular formula is C12H14N4O2. The molecule has 1 fully saturated rings. The number of nitrogens with one attached hydrogen (secondary N) is 1. The summed E-state index contributed by atoms with van der Waals surface area (Å²) in [5.74, 6) is 0.787. The predicted octanol–water partition coefficient (Wildman–Crippen LogP) is 0.703. The van der Waals surface area contributed by atoms with E-state index in [9.17, 15) is 5.11 Å². The van der Waals surface area contributed by atoms with Crippen LogP contribution in [0.3, 0.4) is 0 Å². The van der Waals surface area contributed by atoms with Crippen molar-refractivity contribution >= 4 is 0 Å². The quantitative estimate of drug-likeness (QED) is 0.811. The predicted molar refractivity (Wildman–Crippen MR) is 63.5 cm³/mol. The molecule has 3 rings (SSSR count). The second-order valence-corrected chi connectivity index (χ2v) is 4.44. The highest BCUT2D eigenvalue weighted by atomic mass is 16.5. The van der Waals surface area contributed by atoms with Crippen LogP contribution < -0.4 is 5.32 Å². The van der Waals surface area contributed by atoms with Gasteiger partial charge in [-0.1, -0.05) is 5.16 Å². The zero-order valence-electron chi connectivity index (χ0n) is 9.83. The second kappa shape index (κ2) is 4.47. The van der Waals surface area contributed by atoms with Gasteiger partial charge in [0.15, 0.2) is 0 Å². The molecule has 18 heavy (non-hydrogen) atoms. The van der Waals surface area contributed by atoms with Crippen molar-refractivity contribution in [3.05, 3.63) is 30.4 Å². The van der Waals surface area contributed by atoms with Crippen LogP contribution in [0.1, 0.15) is 18.7 Å². The van der Waals surface area contributed by atoms with E-state index in [1.807, 2.05) is 0 Å². The average molecular weight is 246 g/mol. The van der Waals surface area contributed by atoms with Gasteiger partial charge in [0.2, 0.25) is 5.82 Å². The standard InChI is InChI=1S/C12H14N4O2/c17-12(3-7-14-8-4-12)11-15-10(16-18-11)9-1-5-13-6-2-9/h1-2,5-6,14,17H,3-4,7-8H2. The number of nitrogens with zero attached hydrogens (tertiary/aromatic N) is 3.